The summed E-state index contributed by atoms with van der Waals surface area (Å²) < 4.78 is 17.2. The van der Waals surface area contributed by atoms with Crippen LogP contribution >= 0.6 is 0 Å². The van der Waals surface area contributed by atoms with Gasteiger partial charge in [0.1, 0.15) is 24.1 Å². The Bertz CT molecular complexity index is 1070. The quantitative estimate of drug-likeness (QED) is 0.423. The molecule has 0 unspecified atom stereocenters. The molecule has 12 nitrogen and oxygen atoms in total. The first-order valence-corrected chi connectivity index (χ1v) is 13.6. The predicted molar refractivity (Wildman–Crippen MR) is 138 cm³/mol. The van der Waals surface area contributed by atoms with Crippen LogP contribution in [0.25, 0.3) is 0 Å². The molecule has 6 bridgehead atoms. The minimum atomic E-state index is -1.26. The summed E-state index contributed by atoms with van der Waals surface area (Å²) in [4.78, 5) is 44.7. The molecular formula is C27H38N4O8. The van der Waals surface area contributed by atoms with Gasteiger partial charge in [0.15, 0.2) is 0 Å². The van der Waals surface area contributed by atoms with E-state index < -0.39 is 36.6 Å². The van der Waals surface area contributed by atoms with Crippen LogP contribution < -0.4 is 10.1 Å². The number of hydrogen-bond acceptors (Lipinski definition) is 9. The van der Waals surface area contributed by atoms with Crippen LogP contribution in [-0.4, -0.2) is 132 Å². The van der Waals surface area contributed by atoms with Gasteiger partial charge in [-0.3, -0.25) is 19.3 Å². The lowest BCUT2D eigenvalue weighted by atomic mass is 10.0. The molecule has 4 aliphatic heterocycles. The number of aliphatic hydroxyl groups excluding tert-OH is 2. The Balaban J connectivity index is 1.40. The van der Waals surface area contributed by atoms with Crippen molar-refractivity contribution < 1.29 is 38.8 Å². The molecule has 1 aromatic carbocycles. The number of amides is 3. The van der Waals surface area contributed by atoms with E-state index in [1.807, 2.05) is 24.3 Å². The van der Waals surface area contributed by atoms with Crippen molar-refractivity contribution in [2.45, 2.75) is 68.9 Å². The molecule has 5 rings (SSSR count). The summed E-state index contributed by atoms with van der Waals surface area (Å²) in [6, 6.07) is 6.97. The predicted octanol–water partition coefficient (Wildman–Crippen LogP) is -1.28. The van der Waals surface area contributed by atoms with Crippen LogP contribution in [0.5, 0.6) is 5.75 Å². The van der Waals surface area contributed by atoms with E-state index in [4.69, 9.17) is 14.2 Å². The molecule has 12 heteroatoms. The van der Waals surface area contributed by atoms with E-state index >= 15 is 0 Å². The molecule has 4 heterocycles. The molecule has 0 radical (unpaired) electrons. The molecule has 4 saturated heterocycles. The molecule has 0 spiro atoms. The molecule has 4 aliphatic rings. The first kappa shape index (κ1) is 27.8. The smallest absolute Gasteiger partial charge is 0.240 e. The Labute approximate surface area is 227 Å². The molecule has 4 fully saturated rings. The number of nitrogens with zero attached hydrogens (tertiary/aromatic N) is 3. The summed E-state index contributed by atoms with van der Waals surface area (Å²) >= 11 is 0. The number of nitrogens with one attached hydrogen (secondary N) is 1. The molecule has 3 N–H and O–H groups in total. The van der Waals surface area contributed by atoms with E-state index in [9.17, 15) is 24.6 Å². The zero-order chi connectivity index (χ0) is 27.7. The SMILES string of the molecule is COc1cccc(CN2C[C@@H]3C[C@H]2C(=O)N2CCO[C@H](CN(C(C)=O)C[C@H]4O[C@@H](CC(=O)N3)[C@H](O)[C@@H]4O)C2)c1. The number of morpholine rings is 1. The molecule has 214 valence electrons. The van der Waals surface area contributed by atoms with Gasteiger partial charge in [0, 0.05) is 52.2 Å². The summed E-state index contributed by atoms with van der Waals surface area (Å²) in [5.74, 6) is 0.135. The monoisotopic (exact) mass is 546 g/mol. The Morgan fingerprint density at radius 3 is 2.69 bits per heavy atom. The van der Waals surface area contributed by atoms with Gasteiger partial charge in [0.25, 0.3) is 0 Å². The van der Waals surface area contributed by atoms with Crippen molar-refractivity contribution in [2.75, 3.05) is 46.4 Å². The zero-order valence-electron chi connectivity index (χ0n) is 22.4. The summed E-state index contributed by atoms with van der Waals surface area (Å²) in [6.45, 7) is 3.76. The van der Waals surface area contributed by atoms with Crippen LogP contribution in [-0.2, 0) is 30.4 Å². The fraction of sp³-hybridized carbons (Fsp3) is 0.667. The maximum Gasteiger partial charge on any atom is 0.240 e. The minimum absolute atomic E-state index is 0.0290. The lowest BCUT2D eigenvalue weighted by Crippen LogP contribution is -2.55. The fourth-order valence-electron chi connectivity index (χ4n) is 6.10. The van der Waals surface area contributed by atoms with Crippen LogP contribution in [0.15, 0.2) is 24.3 Å². The number of carbonyl (C=O) groups is 3. The molecule has 7 atom stereocenters. The third-order valence-corrected chi connectivity index (χ3v) is 8.14. The summed E-state index contributed by atoms with van der Waals surface area (Å²) in [7, 11) is 1.61. The first-order valence-electron chi connectivity index (χ1n) is 13.6. The van der Waals surface area contributed by atoms with Crippen LogP contribution in [0.3, 0.4) is 0 Å². The van der Waals surface area contributed by atoms with Crippen LogP contribution in [0.4, 0.5) is 0 Å². The largest absolute Gasteiger partial charge is 0.497 e. The number of ether oxygens (including phenoxy) is 3. The van der Waals surface area contributed by atoms with Gasteiger partial charge in [-0.25, -0.2) is 0 Å². The van der Waals surface area contributed by atoms with Crippen molar-refractivity contribution >= 4 is 17.7 Å². The van der Waals surface area contributed by atoms with Crippen molar-refractivity contribution in [3.8, 4) is 5.75 Å². The first-order chi connectivity index (χ1) is 18.7. The van der Waals surface area contributed by atoms with Gasteiger partial charge in [-0.15, -0.1) is 0 Å². The van der Waals surface area contributed by atoms with Crippen molar-refractivity contribution in [1.29, 1.82) is 0 Å². The lowest BCUT2D eigenvalue weighted by Gasteiger charge is -2.38. The second-order valence-electron chi connectivity index (χ2n) is 10.9. The molecule has 3 amide bonds. The molecule has 1 aromatic rings. The van der Waals surface area contributed by atoms with Crippen LogP contribution in [0, 0.1) is 0 Å². The average Bonchev–Trinajstić information content (AvgIpc) is 3.42. The van der Waals surface area contributed by atoms with Gasteiger partial charge in [-0.1, -0.05) is 12.1 Å². The summed E-state index contributed by atoms with van der Waals surface area (Å²) in [5, 5.41) is 24.2. The van der Waals surface area contributed by atoms with Crippen LogP contribution in [0.2, 0.25) is 0 Å². The van der Waals surface area contributed by atoms with Crippen molar-refractivity contribution in [1.82, 2.24) is 20.0 Å². The number of hydrogen-bond donors (Lipinski definition) is 3. The highest BCUT2D eigenvalue weighted by Gasteiger charge is 2.46. The topological polar surface area (TPSA) is 141 Å². The maximum absolute atomic E-state index is 13.9. The minimum Gasteiger partial charge on any atom is -0.497 e. The number of methoxy groups -OCH3 is 1. The highest BCUT2D eigenvalue weighted by atomic mass is 16.5. The number of aliphatic hydroxyl groups is 2. The molecule has 0 saturated carbocycles. The van der Waals surface area contributed by atoms with E-state index in [1.54, 1.807) is 12.0 Å². The van der Waals surface area contributed by atoms with Gasteiger partial charge < -0.3 is 39.5 Å². The number of rotatable bonds is 3. The van der Waals surface area contributed by atoms with Crippen molar-refractivity contribution in [3.05, 3.63) is 29.8 Å². The number of likely N-dealkylation sites (tertiary alicyclic amines) is 1. The van der Waals surface area contributed by atoms with Gasteiger partial charge in [-0.05, 0) is 24.1 Å². The highest BCUT2D eigenvalue weighted by Crippen LogP contribution is 2.28. The zero-order valence-corrected chi connectivity index (χ0v) is 22.4. The van der Waals surface area contributed by atoms with Gasteiger partial charge in [-0.2, -0.15) is 0 Å². The fourth-order valence-corrected chi connectivity index (χ4v) is 6.10. The molecule has 39 heavy (non-hydrogen) atoms. The van der Waals surface area contributed by atoms with Gasteiger partial charge >= 0.3 is 0 Å². The van der Waals surface area contributed by atoms with E-state index in [-0.39, 0.29) is 43.3 Å². The maximum atomic E-state index is 13.9. The number of fused-ring (bicyclic) bond motifs is 6. The Hall–Kier alpha value is -2.77. The van der Waals surface area contributed by atoms with Gasteiger partial charge in [0.2, 0.25) is 17.7 Å². The third kappa shape index (κ3) is 6.20. The van der Waals surface area contributed by atoms with Gasteiger partial charge in [0.05, 0.1) is 38.4 Å². The standard InChI is InChI=1S/C27H38N4O8/c1-16(32)30-14-20-13-29(6-7-38-20)27(36)21-9-18(12-31(21)11-17-4-3-5-19(8-17)37-2)28-24(33)10-22-25(34)26(35)23(15-30)39-22/h3-5,8,18,20-23,25-26,34-35H,6-7,9-15H2,1-2H3,(H,28,33)/t18-,20-,21-,22-,23+,25-,26+/m0/s1. The Kier molecular flexibility index (Phi) is 8.38. The summed E-state index contributed by atoms with van der Waals surface area (Å²) in [5.41, 5.74) is 0.990. The van der Waals surface area contributed by atoms with Crippen molar-refractivity contribution in [3.63, 3.8) is 0 Å². The van der Waals surface area contributed by atoms with E-state index in [2.05, 4.69) is 10.2 Å². The van der Waals surface area contributed by atoms with E-state index in [1.165, 1.54) is 11.8 Å². The second kappa shape index (κ2) is 11.8. The van der Waals surface area contributed by atoms with Crippen molar-refractivity contribution in [2.24, 2.45) is 0 Å². The van der Waals surface area contributed by atoms with E-state index in [0.717, 1.165) is 11.3 Å². The molecular weight excluding hydrogens is 508 g/mol. The lowest BCUT2D eigenvalue weighted by molar-refractivity contribution is -0.146. The normalized spacial score (nSPS) is 34.2. The highest BCUT2D eigenvalue weighted by molar-refractivity contribution is 5.83. The Morgan fingerprint density at radius 2 is 1.92 bits per heavy atom. The summed E-state index contributed by atoms with van der Waals surface area (Å²) in [6.07, 6.45) is -4.34. The second-order valence-corrected chi connectivity index (χ2v) is 10.9. The number of carbonyl (C=O) groups excluding carboxylic acids is 3. The molecule has 0 aliphatic carbocycles. The number of benzene rings is 1. The van der Waals surface area contributed by atoms with E-state index in [0.29, 0.717) is 39.2 Å². The average molecular weight is 547 g/mol. The molecule has 0 aromatic heterocycles. The Morgan fingerprint density at radius 1 is 1.13 bits per heavy atom. The third-order valence-electron chi connectivity index (χ3n) is 8.14. The van der Waals surface area contributed by atoms with Crippen LogP contribution in [0.1, 0.15) is 25.3 Å².